The van der Waals surface area contributed by atoms with Gasteiger partial charge in [-0.1, -0.05) is 36.7 Å². The lowest BCUT2D eigenvalue weighted by Crippen LogP contribution is -2.41. The number of H-pyrrole nitrogens is 1. The molecule has 2 N–H and O–H groups in total. The number of carbonyl (C=O) groups excluding carboxylic acids is 1. The number of anilines is 1. The van der Waals surface area contributed by atoms with E-state index < -0.39 is 5.60 Å². The highest BCUT2D eigenvalue weighted by Crippen LogP contribution is 2.47. The van der Waals surface area contributed by atoms with Crippen LogP contribution in [0.3, 0.4) is 0 Å². The summed E-state index contributed by atoms with van der Waals surface area (Å²) in [6.45, 7) is 2.56. The quantitative estimate of drug-likeness (QED) is 0.761. The third-order valence-electron chi connectivity index (χ3n) is 4.62. The predicted octanol–water partition coefficient (Wildman–Crippen LogP) is 3.81. The first-order valence-corrected chi connectivity index (χ1v) is 8.36. The monoisotopic (exact) mass is 340 g/mol. The van der Waals surface area contributed by atoms with Crippen molar-refractivity contribution in [2.75, 3.05) is 11.4 Å². The van der Waals surface area contributed by atoms with Crippen LogP contribution in [0.25, 0.3) is 10.9 Å². The number of hydrogen-bond acceptors (Lipinski definition) is 2. The van der Waals surface area contributed by atoms with Crippen molar-refractivity contribution < 1.29 is 9.90 Å². The number of nitrogens with one attached hydrogen (secondary N) is 1. The van der Waals surface area contributed by atoms with E-state index in [4.69, 9.17) is 11.6 Å². The van der Waals surface area contributed by atoms with E-state index in [0.717, 1.165) is 23.0 Å². The van der Waals surface area contributed by atoms with E-state index in [9.17, 15) is 9.90 Å². The molecule has 3 aromatic rings. The van der Waals surface area contributed by atoms with Crippen LogP contribution in [-0.4, -0.2) is 22.5 Å². The molecule has 122 valence electrons. The summed E-state index contributed by atoms with van der Waals surface area (Å²) < 4.78 is 0. The van der Waals surface area contributed by atoms with Gasteiger partial charge in [0.25, 0.3) is 5.91 Å². The van der Waals surface area contributed by atoms with Crippen LogP contribution in [0.2, 0.25) is 5.02 Å². The maximum Gasteiger partial charge on any atom is 0.268 e. The second kappa shape index (κ2) is 5.36. The second-order valence-corrected chi connectivity index (χ2v) is 6.51. The summed E-state index contributed by atoms with van der Waals surface area (Å²) in [6.07, 6.45) is 2.51. The Morgan fingerprint density at radius 2 is 2.00 bits per heavy atom. The van der Waals surface area contributed by atoms with Crippen LogP contribution in [-0.2, 0) is 10.4 Å². The molecular formula is C19H17ClN2O2. The summed E-state index contributed by atoms with van der Waals surface area (Å²) in [5.41, 5.74) is 0.975. The van der Waals surface area contributed by atoms with E-state index in [1.807, 2.05) is 31.2 Å². The van der Waals surface area contributed by atoms with Crippen LogP contribution in [0.4, 0.5) is 5.69 Å². The van der Waals surface area contributed by atoms with Gasteiger partial charge in [-0.3, -0.25) is 4.79 Å². The van der Waals surface area contributed by atoms with Crippen molar-refractivity contribution >= 4 is 34.1 Å². The molecule has 1 aliphatic rings. The van der Waals surface area contributed by atoms with Crippen molar-refractivity contribution in [1.29, 1.82) is 0 Å². The van der Waals surface area contributed by atoms with Crippen molar-refractivity contribution in [1.82, 2.24) is 4.98 Å². The summed E-state index contributed by atoms with van der Waals surface area (Å²) in [5, 5.41) is 12.9. The van der Waals surface area contributed by atoms with Gasteiger partial charge in [-0.2, -0.15) is 0 Å². The third kappa shape index (κ3) is 1.93. The van der Waals surface area contributed by atoms with Gasteiger partial charge in [0.1, 0.15) is 0 Å². The number of aromatic nitrogens is 1. The van der Waals surface area contributed by atoms with Crippen LogP contribution in [0.1, 0.15) is 24.5 Å². The average molecular weight is 341 g/mol. The summed E-state index contributed by atoms with van der Waals surface area (Å²) in [7, 11) is 0. The standard InChI is InChI=1S/C19H17ClN2O2/c1-2-9-22-17-8-7-12(20)10-14(17)19(24,18(22)23)15-11-21-16-6-4-3-5-13(15)16/h3-8,10-11,21,24H,2,9H2,1H3/t19-/m1/s1. The smallest absolute Gasteiger partial charge is 0.268 e. The van der Waals surface area contributed by atoms with E-state index in [-0.39, 0.29) is 5.91 Å². The molecule has 0 fully saturated rings. The summed E-state index contributed by atoms with van der Waals surface area (Å²) in [5.74, 6) is -0.327. The Morgan fingerprint density at radius 3 is 2.79 bits per heavy atom. The first-order chi connectivity index (χ1) is 11.6. The number of nitrogens with zero attached hydrogens (tertiary/aromatic N) is 1. The molecule has 4 nitrogen and oxygen atoms in total. The second-order valence-electron chi connectivity index (χ2n) is 6.08. The first-order valence-electron chi connectivity index (χ1n) is 7.98. The molecule has 5 heteroatoms. The molecule has 2 heterocycles. The lowest BCUT2D eigenvalue weighted by molar-refractivity contribution is -0.132. The lowest BCUT2D eigenvalue weighted by atomic mass is 9.87. The zero-order chi connectivity index (χ0) is 16.9. The molecule has 2 aromatic carbocycles. The zero-order valence-corrected chi connectivity index (χ0v) is 14.0. The fourth-order valence-corrected chi connectivity index (χ4v) is 3.70. The average Bonchev–Trinajstić information content (AvgIpc) is 3.10. The van der Waals surface area contributed by atoms with Gasteiger partial charge in [0.2, 0.25) is 0 Å². The normalized spacial score (nSPS) is 20.0. The summed E-state index contributed by atoms with van der Waals surface area (Å²) >= 11 is 6.15. The minimum absolute atomic E-state index is 0.327. The largest absolute Gasteiger partial charge is 0.372 e. The maximum absolute atomic E-state index is 13.1. The summed E-state index contributed by atoms with van der Waals surface area (Å²) in [6, 6.07) is 12.9. The van der Waals surface area contributed by atoms with Crippen LogP contribution in [0.5, 0.6) is 0 Å². The number of rotatable bonds is 3. The van der Waals surface area contributed by atoms with Crippen LogP contribution >= 0.6 is 11.6 Å². The van der Waals surface area contributed by atoms with Gasteiger partial charge in [-0.25, -0.2) is 0 Å². The fourth-order valence-electron chi connectivity index (χ4n) is 3.53. The SMILES string of the molecule is CCCN1C(=O)[C@](O)(c2c[nH]c3ccccc23)c2cc(Cl)ccc21. The van der Waals surface area contributed by atoms with Gasteiger partial charge in [-0.05, 0) is 30.7 Å². The number of hydrogen-bond donors (Lipinski definition) is 2. The van der Waals surface area contributed by atoms with Gasteiger partial charge >= 0.3 is 0 Å². The fraction of sp³-hybridized carbons (Fsp3) is 0.211. The van der Waals surface area contributed by atoms with Crippen LogP contribution in [0, 0.1) is 0 Å². The Bertz CT molecular complexity index is 949. The van der Waals surface area contributed by atoms with Gasteiger partial charge in [0.05, 0.1) is 5.69 Å². The van der Waals surface area contributed by atoms with E-state index >= 15 is 0 Å². The number of amides is 1. The van der Waals surface area contributed by atoms with Gasteiger partial charge in [0, 0.05) is 39.8 Å². The lowest BCUT2D eigenvalue weighted by Gasteiger charge is -2.23. The summed E-state index contributed by atoms with van der Waals surface area (Å²) in [4.78, 5) is 17.9. The third-order valence-corrected chi connectivity index (χ3v) is 4.86. The van der Waals surface area contributed by atoms with Gasteiger partial charge < -0.3 is 15.0 Å². The molecular weight excluding hydrogens is 324 g/mol. The minimum atomic E-state index is -1.73. The maximum atomic E-state index is 13.1. The van der Waals surface area contributed by atoms with E-state index in [0.29, 0.717) is 22.7 Å². The number of halogens is 1. The molecule has 0 unspecified atom stereocenters. The number of fused-ring (bicyclic) bond motifs is 2. The van der Waals surface area contributed by atoms with Gasteiger partial charge in [0.15, 0.2) is 5.60 Å². The molecule has 1 atom stereocenters. The van der Waals surface area contributed by atoms with Gasteiger partial charge in [-0.15, -0.1) is 0 Å². The highest BCUT2D eigenvalue weighted by atomic mass is 35.5. The molecule has 1 aliphatic heterocycles. The van der Waals surface area contributed by atoms with Crippen molar-refractivity contribution in [2.45, 2.75) is 18.9 Å². The Labute approximate surface area is 144 Å². The van der Waals surface area contributed by atoms with Crippen LogP contribution in [0.15, 0.2) is 48.7 Å². The Morgan fingerprint density at radius 1 is 1.21 bits per heavy atom. The number of para-hydroxylation sites is 1. The Balaban J connectivity index is 2.00. The number of aromatic amines is 1. The molecule has 0 saturated heterocycles. The topological polar surface area (TPSA) is 56.3 Å². The first kappa shape index (κ1) is 15.2. The van der Waals surface area contributed by atoms with E-state index in [2.05, 4.69) is 4.98 Å². The van der Waals surface area contributed by atoms with Crippen molar-refractivity contribution in [3.05, 3.63) is 64.8 Å². The Kier molecular flexibility index (Phi) is 3.41. The molecule has 1 amide bonds. The van der Waals surface area contributed by atoms with Crippen molar-refractivity contribution in [3.8, 4) is 0 Å². The molecule has 4 rings (SSSR count). The van der Waals surface area contributed by atoms with E-state index in [1.54, 1.807) is 29.3 Å². The van der Waals surface area contributed by atoms with Crippen molar-refractivity contribution in [3.63, 3.8) is 0 Å². The minimum Gasteiger partial charge on any atom is -0.372 e. The van der Waals surface area contributed by atoms with E-state index in [1.165, 1.54) is 0 Å². The molecule has 1 aromatic heterocycles. The number of benzene rings is 2. The predicted molar refractivity (Wildman–Crippen MR) is 95.4 cm³/mol. The molecule has 24 heavy (non-hydrogen) atoms. The number of aliphatic hydroxyl groups is 1. The molecule has 0 bridgehead atoms. The number of carbonyl (C=O) groups is 1. The highest BCUT2D eigenvalue weighted by Gasteiger charge is 2.51. The highest BCUT2D eigenvalue weighted by molar-refractivity contribution is 6.31. The molecule has 0 saturated carbocycles. The molecule has 0 radical (unpaired) electrons. The molecule has 0 aliphatic carbocycles. The molecule has 0 spiro atoms. The zero-order valence-electron chi connectivity index (χ0n) is 13.2. The van der Waals surface area contributed by atoms with Crippen molar-refractivity contribution in [2.24, 2.45) is 0 Å². The Hall–Kier alpha value is -2.30. The van der Waals surface area contributed by atoms with Crippen LogP contribution < -0.4 is 4.90 Å².